The third kappa shape index (κ3) is 3.72. The van der Waals surface area contributed by atoms with E-state index in [1.807, 2.05) is 31.2 Å². The maximum Gasteiger partial charge on any atom is 0.248 e. The normalized spacial score (nSPS) is 12.1. The lowest BCUT2D eigenvalue weighted by Crippen LogP contribution is -2.23. The predicted octanol–water partition coefficient (Wildman–Crippen LogP) is 3.27. The molecule has 1 atom stereocenters. The number of hydrogen-bond acceptors (Lipinski definition) is 4. The fraction of sp³-hybridized carbons (Fsp3) is 0.211. The monoisotopic (exact) mass is 368 g/mol. The summed E-state index contributed by atoms with van der Waals surface area (Å²) in [6.45, 7) is 4.69. The minimum atomic E-state index is -0.495. The first kappa shape index (κ1) is 18.0. The number of nitrogens with two attached hydrogens (primary N) is 1. The van der Waals surface area contributed by atoms with Crippen LogP contribution in [0.3, 0.4) is 0 Å². The fourth-order valence-electron chi connectivity index (χ4n) is 2.62. The third-order valence-electron chi connectivity index (χ3n) is 4.02. The number of rotatable bonds is 6. The number of carbonyl (C=O) groups excluding carboxylic acids is 2. The number of carbonyl (C=O) groups is 2. The Balaban J connectivity index is 1.72. The van der Waals surface area contributed by atoms with Gasteiger partial charge in [0.05, 0.1) is 16.3 Å². The van der Waals surface area contributed by atoms with Crippen molar-refractivity contribution in [2.24, 2.45) is 5.73 Å². The molecule has 0 radical (unpaired) electrons. The lowest BCUT2D eigenvalue weighted by Gasteiger charge is -2.13. The maximum atomic E-state index is 12.5. The highest BCUT2D eigenvalue weighted by atomic mass is 32.2. The number of amides is 2. The molecular formula is C19H20N4O2S. The lowest BCUT2D eigenvalue weighted by molar-refractivity contribution is -0.115. The van der Waals surface area contributed by atoms with Crippen molar-refractivity contribution in [2.75, 3.05) is 5.32 Å². The highest BCUT2D eigenvalue weighted by molar-refractivity contribution is 8.00. The Morgan fingerprint density at radius 1 is 1.19 bits per heavy atom. The van der Waals surface area contributed by atoms with E-state index in [4.69, 9.17) is 5.73 Å². The molecule has 26 heavy (non-hydrogen) atoms. The molecule has 0 spiro atoms. The van der Waals surface area contributed by atoms with Gasteiger partial charge in [0.1, 0.15) is 0 Å². The molecule has 1 unspecified atom stereocenters. The van der Waals surface area contributed by atoms with Crippen LogP contribution in [0.2, 0.25) is 0 Å². The smallest absolute Gasteiger partial charge is 0.248 e. The molecule has 2 amide bonds. The van der Waals surface area contributed by atoms with Gasteiger partial charge in [-0.15, -0.1) is 0 Å². The highest BCUT2D eigenvalue weighted by Crippen LogP contribution is 2.27. The van der Waals surface area contributed by atoms with Gasteiger partial charge >= 0.3 is 0 Å². The number of aryl methyl sites for hydroxylation is 1. The van der Waals surface area contributed by atoms with Gasteiger partial charge < -0.3 is 15.6 Å². The van der Waals surface area contributed by atoms with Gasteiger partial charge in [0.2, 0.25) is 11.8 Å². The van der Waals surface area contributed by atoms with Crippen molar-refractivity contribution in [1.82, 2.24) is 9.55 Å². The van der Waals surface area contributed by atoms with Gasteiger partial charge in [0.25, 0.3) is 0 Å². The first-order chi connectivity index (χ1) is 12.5. The van der Waals surface area contributed by atoms with E-state index < -0.39 is 5.91 Å². The summed E-state index contributed by atoms with van der Waals surface area (Å²) in [5.74, 6) is -0.623. The summed E-state index contributed by atoms with van der Waals surface area (Å²) >= 11 is 1.42. The van der Waals surface area contributed by atoms with Crippen molar-refractivity contribution in [3.05, 3.63) is 54.1 Å². The number of aromatic nitrogens is 2. The molecule has 0 saturated carbocycles. The average molecular weight is 368 g/mol. The van der Waals surface area contributed by atoms with Gasteiger partial charge in [0, 0.05) is 17.8 Å². The molecule has 7 heteroatoms. The number of benzene rings is 2. The molecule has 1 aromatic heterocycles. The van der Waals surface area contributed by atoms with E-state index in [9.17, 15) is 9.59 Å². The summed E-state index contributed by atoms with van der Waals surface area (Å²) in [5.41, 5.74) is 8.23. The zero-order valence-electron chi connectivity index (χ0n) is 14.6. The van der Waals surface area contributed by atoms with Crippen LogP contribution >= 0.6 is 11.8 Å². The largest absolute Gasteiger partial charge is 0.366 e. The van der Waals surface area contributed by atoms with Gasteiger partial charge in [-0.1, -0.05) is 23.9 Å². The quantitative estimate of drug-likeness (QED) is 0.654. The molecule has 0 bridgehead atoms. The molecule has 0 saturated heterocycles. The average Bonchev–Trinajstić information content (AvgIpc) is 2.99. The molecule has 0 aliphatic heterocycles. The van der Waals surface area contributed by atoms with E-state index in [0.717, 1.165) is 22.7 Å². The van der Waals surface area contributed by atoms with Crippen molar-refractivity contribution < 1.29 is 9.59 Å². The molecule has 134 valence electrons. The lowest BCUT2D eigenvalue weighted by atomic mass is 10.2. The minimum Gasteiger partial charge on any atom is -0.366 e. The van der Waals surface area contributed by atoms with Crippen molar-refractivity contribution in [3.8, 4) is 0 Å². The van der Waals surface area contributed by atoms with Gasteiger partial charge in [-0.3, -0.25) is 9.59 Å². The minimum absolute atomic E-state index is 0.128. The molecule has 0 fully saturated rings. The third-order valence-corrected chi connectivity index (χ3v) is 5.11. The number of nitrogens with zero attached hydrogens (tertiary/aromatic N) is 2. The van der Waals surface area contributed by atoms with Crippen molar-refractivity contribution in [3.63, 3.8) is 0 Å². The van der Waals surface area contributed by atoms with Gasteiger partial charge in [-0.05, 0) is 50.2 Å². The van der Waals surface area contributed by atoms with Crippen LogP contribution in [-0.2, 0) is 11.3 Å². The first-order valence-corrected chi connectivity index (χ1v) is 9.20. The summed E-state index contributed by atoms with van der Waals surface area (Å²) in [6.07, 6.45) is 0. The topological polar surface area (TPSA) is 90.0 Å². The number of anilines is 1. The Labute approximate surface area is 155 Å². The number of imidazole rings is 1. The van der Waals surface area contributed by atoms with Crippen LogP contribution in [0.4, 0.5) is 5.69 Å². The van der Waals surface area contributed by atoms with E-state index in [0.29, 0.717) is 11.3 Å². The van der Waals surface area contributed by atoms with Crippen molar-refractivity contribution in [2.45, 2.75) is 30.8 Å². The summed E-state index contributed by atoms with van der Waals surface area (Å²) in [4.78, 5) is 28.2. The summed E-state index contributed by atoms with van der Waals surface area (Å²) in [5, 5.41) is 3.34. The molecule has 1 heterocycles. The Hall–Kier alpha value is -2.80. The number of nitrogens with one attached hydrogen (secondary N) is 1. The van der Waals surface area contributed by atoms with Gasteiger partial charge in [0.15, 0.2) is 5.16 Å². The molecule has 0 aliphatic rings. The number of para-hydroxylation sites is 2. The molecule has 3 N–H and O–H groups in total. The standard InChI is InChI=1S/C19H20N4O2S/c1-3-23-16-7-5-4-6-15(16)22-19(23)26-12(2)18(25)21-14-10-8-13(9-11-14)17(20)24/h4-12H,3H2,1-2H3,(H2,20,24)(H,21,25). The summed E-state index contributed by atoms with van der Waals surface area (Å²) in [6, 6.07) is 14.4. The van der Waals surface area contributed by atoms with Crippen molar-refractivity contribution >= 4 is 40.3 Å². The van der Waals surface area contributed by atoms with Gasteiger partial charge in [-0.2, -0.15) is 0 Å². The highest BCUT2D eigenvalue weighted by Gasteiger charge is 2.19. The van der Waals surface area contributed by atoms with E-state index in [1.54, 1.807) is 24.3 Å². The Morgan fingerprint density at radius 2 is 1.88 bits per heavy atom. The van der Waals surface area contributed by atoms with Crippen LogP contribution in [0.5, 0.6) is 0 Å². The second-order valence-electron chi connectivity index (χ2n) is 5.82. The van der Waals surface area contributed by atoms with Gasteiger partial charge in [-0.25, -0.2) is 4.98 Å². The van der Waals surface area contributed by atoms with Crippen LogP contribution in [0.1, 0.15) is 24.2 Å². The maximum absolute atomic E-state index is 12.5. The van der Waals surface area contributed by atoms with Crippen LogP contribution < -0.4 is 11.1 Å². The Bertz CT molecular complexity index is 950. The van der Waals surface area contributed by atoms with Crippen LogP contribution in [0, 0.1) is 0 Å². The fourth-order valence-corrected chi connectivity index (χ4v) is 3.61. The molecule has 0 aliphatic carbocycles. The van der Waals surface area contributed by atoms with E-state index in [1.165, 1.54) is 11.8 Å². The molecule has 2 aromatic carbocycles. The van der Waals surface area contributed by atoms with Crippen LogP contribution in [0.25, 0.3) is 11.0 Å². The number of hydrogen-bond donors (Lipinski definition) is 2. The van der Waals surface area contributed by atoms with Crippen molar-refractivity contribution in [1.29, 1.82) is 0 Å². The zero-order chi connectivity index (χ0) is 18.7. The zero-order valence-corrected chi connectivity index (χ0v) is 15.4. The van der Waals surface area contributed by atoms with E-state index in [-0.39, 0.29) is 11.2 Å². The first-order valence-electron chi connectivity index (χ1n) is 8.32. The predicted molar refractivity (Wildman–Crippen MR) is 104 cm³/mol. The Kier molecular flexibility index (Phi) is 5.27. The number of thioether (sulfide) groups is 1. The second kappa shape index (κ2) is 7.61. The SMILES string of the molecule is CCn1c(SC(C)C(=O)Nc2ccc(C(N)=O)cc2)nc2ccccc21. The molecular weight excluding hydrogens is 348 g/mol. The van der Waals surface area contributed by atoms with Crippen LogP contribution in [-0.4, -0.2) is 26.6 Å². The molecule has 3 aromatic rings. The molecule has 3 rings (SSSR count). The number of primary amides is 1. The summed E-state index contributed by atoms with van der Waals surface area (Å²) < 4.78 is 2.10. The second-order valence-corrected chi connectivity index (χ2v) is 7.13. The van der Waals surface area contributed by atoms with E-state index >= 15 is 0 Å². The molecule has 6 nitrogen and oxygen atoms in total. The van der Waals surface area contributed by atoms with E-state index in [2.05, 4.69) is 21.8 Å². The summed E-state index contributed by atoms with van der Waals surface area (Å²) in [7, 11) is 0. The van der Waals surface area contributed by atoms with Crippen LogP contribution in [0.15, 0.2) is 53.7 Å². The number of fused-ring (bicyclic) bond motifs is 1. The Morgan fingerprint density at radius 3 is 2.54 bits per heavy atom.